The van der Waals surface area contributed by atoms with E-state index >= 15 is 0 Å². The van der Waals surface area contributed by atoms with Crippen molar-refractivity contribution in [3.05, 3.63) is 18.2 Å². The van der Waals surface area contributed by atoms with Crippen molar-refractivity contribution < 1.29 is 9.47 Å². The summed E-state index contributed by atoms with van der Waals surface area (Å²) < 4.78 is 12.9. The summed E-state index contributed by atoms with van der Waals surface area (Å²) >= 11 is 0. The number of hydrogen-bond acceptors (Lipinski definition) is 4. The molecule has 102 valence electrons. The first kappa shape index (κ1) is 13.5. The molecule has 18 heavy (non-hydrogen) atoms. The molecule has 0 saturated carbocycles. The van der Waals surface area contributed by atoms with Gasteiger partial charge in [-0.1, -0.05) is 0 Å². The van der Waals surface area contributed by atoms with E-state index in [0.717, 1.165) is 51.4 Å². The summed E-state index contributed by atoms with van der Waals surface area (Å²) in [6.45, 7) is 6.32. The normalized spacial score (nSPS) is 23.7. The van der Waals surface area contributed by atoms with Gasteiger partial charge in [0, 0.05) is 33.0 Å². The Balaban J connectivity index is 1.78. The highest BCUT2D eigenvalue weighted by Gasteiger charge is 2.30. The van der Waals surface area contributed by atoms with Gasteiger partial charge in [-0.25, -0.2) is 4.98 Å². The lowest BCUT2D eigenvalue weighted by Gasteiger charge is -2.23. The molecule has 0 radical (unpaired) electrons. The molecular formula is C13H23N3O2. The Morgan fingerprint density at radius 3 is 3.22 bits per heavy atom. The number of ether oxygens (including phenoxy) is 2. The minimum Gasteiger partial charge on any atom is -0.383 e. The van der Waals surface area contributed by atoms with Crippen LogP contribution >= 0.6 is 0 Å². The molecule has 1 aliphatic heterocycles. The lowest BCUT2D eigenvalue weighted by atomic mass is 10.0. The number of rotatable bonds is 7. The lowest BCUT2D eigenvalue weighted by Crippen LogP contribution is -2.28. The zero-order valence-corrected chi connectivity index (χ0v) is 11.3. The molecule has 1 N–H and O–H groups in total. The summed E-state index contributed by atoms with van der Waals surface area (Å²) in [5, 5.41) is 3.29. The molecule has 1 aliphatic rings. The van der Waals surface area contributed by atoms with Crippen LogP contribution in [0.3, 0.4) is 0 Å². The quantitative estimate of drug-likeness (QED) is 0.742. The van der Waals surface area contributed by atoms with E-state index in [-0.39, 0.29) is 5.60 Å². The van der Waals surface area contributed by atoms with E-state index in [1.54, 1.807) is 7.11 Å². The highest BCUT2D eigenvalue weighted by Crippen LogP contribution is 2.26. The van der Waals surface area contributed by atoms with Crippen LogP contribution < -0.4 is 5.32 Å². The van der Waals surface area contributed by atoms with Crippen molar-refractivity contribution in [1.29, 1.82) is 0 Å². The second kappa shape index (κ2) is 6.31. The van der Waals surface area contributed by atoms with Gasteiger partial charge in [-0.2, -0.15) is 0 Å². The maximum Gasteiger partial charge on any atom is 0.0950 e. The minimum absolute atomic E-state index is 0.0125. The van der Waals surface area contributed by atoms with E-state index in [1.807, 2.05) is 6.33 Å². The predicted molar refractivity (Wildman–Crippen MR) is 69.4 cm³/mol. The van der Waals surface area contributed by atoms with E-state index in [9.17, 15) is 0 Å². The smallest absolute Gasteiger partial charge is 0.0950 e. The van der Waals surface area contributed by atoms with Gasteiger partial charge in [-0.15, -0.1) is 0 Å². The largest absolute Gasteiger partial charge is 0.383 e. The standard InChI is InChI=1S/C13H23N3O2/c1-13(4-3-6-18-13)10-16-9-12(15-11-16)8-14-5-7-17-2/h9,11,14H,3-8,10H2,1-2H3. The van der Waals surface area contributed by atoms with E-state index in [0.29, 0.717) is 0 Å². The van der Waals surface area contributed by atoms with Crippen molar-refractivity contribution in [2.75, 3.05) is 26.9 Å². The van der Waals surface area contributed by atoms with Crippen LogP contribution in [0.4, 0.5) is 0 Å². The van der Waals surface area contributed by atoms with E-state index < -0.39 is 0 Å². The number of aromatic nitrogens is 2. The summed E-state index contributed by atoms with van der Waals surface area (Å²) in [6.07, 6.45) is 6.27. The number of imidazole rings is 1. The third-order valence-corrected chi connectivity index (χ3v) is 3.29. The van der Waals surface area contributed by atoms with Crippen molar-refractivity contribution in [3.8, 4) is 0 Å². The fourth-order valence-corrected chi connectivity index (χ4v) is 2.32. The first-order valence-corrected chi connectivity index (χ1v) is 6.56. The fourth-order valence-electron chi connectivity index (χ4n) is 2.32. The molecule has 1 saturated heterocycles. The number of nitrogens with zero attached hydrogens (tertiary/aromatic N) is 2. The Labute approximate surface area is 108 Å². The molecule has 0 aromatic carbocycles. The van der Waals surface area contributed by atoms with Crippen molar-refractivity contribution in [1.82, 2.24) is 14.9 Å². The lowest BCUT2D eigenvalue weighted by molar-refractivity contribution is 0.00620. The Kier molecular flexibility index (Phi) is 4.74. The number of methoxy groups -OCH3 is 1. The Bertz CT molecular complexity index is 359. The van der Waals surface area contributed by atoms with Gasteiger partial charge >= 0.3 is 0 Å². The van der Waals surface area contributed by atoms with E-state index in [1.165, 1.54) is 0 Å². The maximum atomic E-state index is 5.79. The zero-order valence-electron chi connectivity index (χ0n) is 11.3. The topological polar surface area (TPSA) is 48.3 Å². The second-order valence-corrected chi connectivity index (χ2v) is 5.11. The molecule has 0 bridgehead atoms. The van der Waals surface area contributed by atoms with Crippen LogP contribution in [-0.4, -0.2) is 42.0 Å². The third-order valence-electron chi connectivity index (χ3n) is 3.29. The molecule has 1 unspecified atom stereocenters. The SMILES string of the molecule is COCCNCc1cn(CC2(C)CCCO2)cn1. The molecule has 1 fully saturated rings. The zero-order chi connectivity index (χ0) is 12.8. The second-order valence-electron chi connectivity index (χ2n) is 5.11. The molecule has 0 aliphatic carbocycles. The molecular weight excluding hydrogens is 230 g/mol. The fraction of sp³-hybridized carbons (Fsp3) is 0.769. The van der Waals surface area contributed by atoms with Crippen LogP contribution in [0.2, 0.25) is 0 Å². The Morgan fingerprint density at radius 1 is 1.61 bits per heavy atom. The Hall–Kier alpha value is -0.910. The van der Waals surface area contributed by atoms with Crippen LogP contribution in [-0.2, 0) is 22.6 Å². The van der Waals surface area contributed by atoms with Gasteiger partial charge in [0.25, 0.3) is 0 Å². The molecule has 2 rings (SSSR count). The molecule has 2 heterocycles. The van der Waals surface area contributed by atoms with Gasteiger partial charge in [-0.05, 0) is 19.8 Å². The van der Waals surface area contributed by atoms with Crippen LogP contribution in [0.1, 0.15) is 25.5 Å². The van der Waals surface area contributed by atoms with Gasteiger partial charge in [0.2, 0.25) is 0 Å². The molecule has 0 spiro atoms. The average molecular weight is 253 g/mol. The summed E-state index contributed by atoms with van der Waals surface area (Å²) in [7, 11) is 1.71. The Morgan fingerprint density at radius 2 is 2.50 bits per heavy atom. The highest BCUT2D eigenvalue weighted by atomic mass is 16.5. The first-order valence-electron chi connectivity index (χ1n) is 6.56. The summed E-state index contributed by atoms with van der Waals surface area (Å²) in [5.74, 6) is 0. The minimum atomic E-state index is -0.0125. The highest BCUT2D eigenvalue weighted by molar-refractivity contribution is 4.97. The van der Waals surface area contributed by atoms with Crippen LogP contribution in [0.5, 0.6) is 0 Å². The predicted octanol–water partition coefficient (Wildman–Crippen LogP) is 1.19. The first-order chi connectivity index (χ1) is 8.72. The summed E-state index contributed by atoms with van der Waals surface area (Å²) in [6, 6.07) is 0. The number of nitrogens with one attached hydrogen (secondary N) is 1. The van der Waals surface area contributed by atoms with Gasteiger partial charge in [0.05, 0.1) is 30.8 Å². The van der Waals surface area contributed by atoms with Gasteiger partial charge in [0.1, 0.15) is 0 Å². The molecule has 1 atom stereocenters. The van der Waals surface area contributed by atoms with Crippen molar-refractivity contribution in [3.63, 3.8) is 0 Å². The maximum absolute atomic E-state index is 5.79. The van der Waals surface area contributed by atoms with Crippen LogP contribution in [0.25, 0.3) is 0 Å². The monoisotopic (exact) mass is 253 g/mol. The number of hydrogen-bond donors (Lipinski definition) is 1. The van der Waals surface area contributed by atoms with Crippen molar-refractivity contribution in [2.24, 2.45) is 0 Å². The third kappa shape index (κ3) is 3.80. The molecule has 1 aromatic heterocycles. The molecule has 1 aromatic rings. The van der Waals surface area contributed by atoms with Gasteiger partial charge < -0.3 is 19.4 Å². The average Bonchev–Trinajstić information content (AvgIpc) is 2.95. The van der Waals surface area contributed by atoms with Crippen molar-refractivity contribution >= 4 is 0 Å². The van der Waals surface area contributed by atoms with Crippen LogP contribution in [0.15, 0.2) is 12.5 Å². The van der Waals surface area contributed by atoms with E-state index in [4.69, 9.17) is 9.47 Å². The summed E-state index contributed by atoms with van der Waals surface area (Å²) in [5.41, 5.74) is 1.05. The molecule has 5 heteroatoms. The van der Waals surface area contributed by atoms with Gasteiger partial charge in [0.15, 0.2) is 0 Å². The van der Waals surface area contributed by atoms with Crippen LogP contribution in [0, 0.1) is 0 Å². The van der Waals surface area contributed by atoms with E-state index in [2.05, 4.69) is 28.0 Å². The van der Waals surface area contributed by atoms with Crippen molar-refractivity contribution in [2.45, 2.75) is 38.5 Å². The molecule has 0 amide bonds. The molecule has 5 nitrogen and oxygen atoms in total. The summed E-state index contributed by atoms with van der Waals surface area (Å²) in [4.78, 5) is 4.39. The van der Waals surface area contributed by atoms with Gasteiger partial charge in [-0.3, -0.25) is 0 Å².